The van der Waals surface area contributed by atoms with Gasteiger partial charge in [0.15, 0.2) is 0 Å². The summed E-state index contributed by atoms with van der Waals surface area (Å²) in [5, 5.41) is 4.07. The normalized spacial score (nSPS) is 10.9. The Labute approximate surface area is 131 Å². The van der Waals surface area contributed by atoms with Gasteiger partial charge >= 0.3 is 0 Å². The molecule has 0 fully saturated rings. The minimum Gasteiger partial charge on any atom is -0.366 e. The molecule has 0 saturated heterocycles. The first-order valence-electron chi connectivity index (χ1n) is 6.62. The lowest BCUT2D eigenvalue weighted by molar-refractivity contribution is 0.100. The highest BCUT2D eigenvalue weighted by Crippen LogP contribution is 2.27. The van der Waals surface area contributed by atoms with Crippen LogP contribution in [0.15, 0.2) is 30.5 Å². The predicted octanol–water partition coefficient (Wildman–Crippen LogP) is 2.77. The number of aromatic nitrogens is 3. The molecule has 0 spiro atoms. The van der Waals surface area contributed by atoms with Gasteiger partial charge in [-0.3, -0.25) is 4.79 Å². The van der Waals surface area contributed by atoms with Crippen molar-refractivity contribution in [2.45, 2.75) is 6.92 Å². The van der Waals surface area contributed by atoms with Crippen molar-refractivity contribution >= 4 is 40.0 Å². The first-order chi connectivity index (χ1) is 10.5. The molecule has 0 radical (unpaired) electrons. The summed E-state index contributed by atoms with van der Waals surface area (Å²) >= 11 is 5.98. The molecule has 2 heterocycles. The fourth-order valence-corrected chi connectivity index (χ4v) is 2.47. The SMILES string of the molecule is Cc1ccc(Nc2nc(Cl)nc3c2ccn3C)c(C(N)=O)c1. The van der Waals surface area contributed by atoms with Gasteiger partial charge < -0.3 is 15.6 Å². The van der Waals surface area contributed by atoms with Crippen LogP contribution in [0.4, 0.5) is 11.5 Å². The maximum atomic E-state index is 11.6. The zero-order valence-corrected chi connectivity index (χ0v) is 12.8. The Morgan fingerprint density at radius 3 is 2.82 bits per heavy atom. The molecule has 7 heteroatoms. The molecular formula is C15H14ClN5O. The maximum absolute atomic E-state index is 11.6. The Morgan fingerprint density at radius 1 is 1.32 bits per heavy atom. The summed E-state index contributed by atoms with van der Waals surface area (Å²) in [5.74, 6) is 0.0256. The van der Waals surface area contributed by atoms with Crippen LogP contribution >= 0.6 is 11.6 Å². The molecule has 3 N–H and O–H groups in total. The van der Waals surface area contributed by atoms with Crippen LogP contribution in [-0.4, -0.2) is 20.4 Å². The van der Waals surface area contributed by atoms with E-state index in [0.717, 1.165) is 10.9 Å². The molecule has 0 saturated carbocycles. The average molecular weight is 316 g/mol. The molecule has 0 aliphatic heterocycles. The third-order valence-electron chi connectivity index (χ3n) is 3.39. The van der Waals surface area contributed by atoms with Crippen molar-refractivity contribution in [2.24, 2.45) is 12.8 Å². The zero-order chi connectivity index (χ0) is 15.9. The summed E-state index contributed by atoms with van der Waals surface area (Å²) in [6, 6.07) is 7.29. The number of rotatable bonds is 3. The third-order valence-corrected chi connectivity index (χ3v) is 3.56. The minimum absolute atomic E-state index is 0.129. The van der Waals surface area contributed by atoms with E-state index in [-0.39, 0.29) is 5.28 Å². The molecule has 1 amide bonds. The predicted molar refractivity (Wildman–Crippen MR) is 86.5 cm³/mol. The Kier molecular flexibility index (Phi) is 3.46. The summed E-state index contributed by atoms with van der Waals surface area (Å²) in [5.41, 5.74) is 8.08. The molecule has 0 atom stereocenters. The Bertz CT molecular complexity index is 887. The van der Waals surface area contributed by atoms with Gasteiger partial charge in [0.1, 0.15) is 11.5 Å². The summed E-state index contributed by atoms with van der Waals surface area (Å²) in [7, 11) is 1.87. The van der Waals surface area contributed by atoms with Crippen molar-refractivity contribution in [1.82, 2.24) is 14.5 Å². The maximum Gasteiger partial charge on any atom is 0.250 e. The number of aryl methyl sites for hydroxylation is 2. The van der Waals surface area contributed by atoms with Gasteiger partial charge in [0.25, 0.3) is 5.91 Å². The summed E-state index contributed by atoms with van der Waals surface area (Å²) in [6.07, 6.45) is 1.87. The summed E-state index contributed by atoms with van der Waals surface area (Å²) < 4.78 is 1.85. The van der Waals surface area contributed by atoms with Crippen molar-refractivity contribution in [3.05, 3.63) is 46.9 Å². The average Bonchev–Trinajstić information content (AvgIpc) is 2.82. The lowest BCUT2D eigenvalue weighted by Gasteiger charge is -2.11. The lowest BCUT2D eigenvalue weighted by Crippen LogP contribution is -2.14. The highest BCUT2D eigenvalue weighted by Gasteiger charge is 2.13. The molecule has 0 unspecified atom stereocenters. The first-order valence-corrected chi connectivity index (χ1v) is 6.99. The van der Waals surface area contributed by atoms with Gasteiger partial charge in [-0.05, 0) is 36.7 Å². The van der Waals surface area contributed by atoms with Crippen LogP contribution in [0, 0.1) is 6.92 Å². The lowest BCUT2D eigenvalue weighted by atomic mass is 10.1. The van der Waals surface area contributed by atoms with Gasteiger partial charge in [-0.2, -0.15) is 9.97 Å². The van der Waals surface area contributed by atoms with Crippen molar-refractivity contribution in [1.29, 1.82) is 0 Å². The molecule has 2 aromatic heterocycles. The van der Waals surface area contributed by atoms with Crippen molar-refractivity contribution in [3.63, 3.8) is 0 Å². The van der Waals surface area contributed by atoms with Crippen LogP contribution in [0.2, 0.25) is 5.28 Å². The summed E-state index contributed by atoms with van der Waals surface area (Å²) in [4.78, 5) is 20.0. The number of primary amides is 1. The van der Waals surface area contributed by atoms with Crippen molar-refractivity contribution in [2.75, 3.05) is 5.32 Å². The quantitative estimate of drug-likeness (QED) is 0.728. The van der Waals surface area contributed by atoms with E-state index in [9.17, 15) is 4.79 Å². The number of halogens is 1. The fourth-order valence-electron chi connectivity index (χ4n) is 2.30. The Hall–Kier alpha value is -2.60. The first kappa shape index (κ1) is 14.3. The Morgan fingerprint density at radius 2 is 2.09 bits per heavy atom. The van der Waals surface area contributed by atoms with Crippen LogP contribution in [0.1, 0.15) is 15.9 Å². The molecule has 1 aromatic carbocycles. The Balaban J connectivity index is 2.13. The van der Waals surface area contributed by atoms with Gasteiger partial charge in [0.05, 0.1) is 16.6 Å². The molecular weight excluding hydrogens is 302 g/mol. The summed E-state index contributed by atoms with van der Waals surface area (Å²) in [6.45, 7) is 1.90. The van der Waals surface area contributed by atoms with Gasteiger partial charge in [-0.1, -0.05) is 11.6 Å². The second-order valence-corrected chi connectivity index (χ2v) is 5.38. The van der Waals surface area contributed by atoms with Crippen LogP contribution in [0.25, 0.3) is 11.0 Å². The fraction of sp³-hybridized carbons (Fsp3) is 0.133. The number of hydrogen-bond donors (Lipinski definition) is 2. The number of nitrogens with two attached hydrogens (primary N) is 1. The highest BCUT2D eigenvalue weighted by atomic mass is 35.5. The third kappa shape index (κ3) is 2.48. The van der Waals surface area contributed by atoms with Gasteiger partial charge in [0, 0.05) is 13.2 Å². The van der Waals surface area contributed by atoms with Gasteiger partial charge in [-0.25, -0.2) is 0 Å². The topological polar surface area (TPSA) is 85.8 Å². The van der Waals surface area contributed by atoms with Crippen LogP contribution in [0.3, 0.4) is 0 Å². The molecule has 22 heavy (non-hydrogen) atoms. The van der Waals surface area contributed by atoms with E-state index in [4.69, 9.17) is 17.3 Å². The molecule has 0 bridgehead atoms. The standard InChI is InChI=1S/C15H14ClN5O/c1-8-3-4-11(10(7-8)12(17)22)18-13-9-5-6-21(2)14(9)20-15(16)19-13/h3-7H,1-2H3,(H2,17,22)(H,18,19,20). The van der Waals surface area contributed by atoms with Crippen molar-refractivity contribution < 1.29 is 4.79 Å². The smallest absolute Gasteiger partial charge is 0.250 e. The number of nitrogens with one attached hydrogen (secondary N) is 1. The monoisotopic (exact) mass is 315 g/mol. The molecule has 6 nitrogen and oxygen atoms in total. The zero-order valence-electron chi connectivity index (χ0n) is 12.1. The van der Waals surface area contributed by atoms with Gasteiger partial charge in [-0.15, -0.1) is 0 Å². The van der Waals surface area contributed by atoms with E-state index in [1.165, 1.54) is 0 Å². The van der Waals surface area contributed by atoms with Gasteiger partial charge in [0.2, 0.25) is 5.28 Å². The molecule has 3 rings (SSSR count). The van der Waals surface area contributed by atoms with Crippen LogP contribution < -0.4 is 11.1 Å². The largest absolute Gasteiger partial charge is 0.366 e. The van der Waals surface area contributed by atoms with E-state index in [0.29, 0.717) is 22.7 Å². The minimum atomic E-state index is -0.504. The number of hydrogen-bond acceptors (Lipinski definition) is 4. The second-order valence-electron chi connectivity index (χ2n) is 5.04. The second kappa shape index (κ2) is 5.31. The number of amides is 1. The van der Waals surface area contributed by atoms with Crippen molar-refractivity contribution in [3.8, 4) is 0 Å². The number of benzene rings is 1. The highest BCUT2D eigenvalue weighted by molar-refractivity contribution is 6.28. The molecule has 0 aliphatic carbocycles. The number of nitrogens with zero attached hydrogens (tertiary/aromatic N) is 3. The number of carbonyl (C=O) groups is 1. The van der Waals surface area contributed by atoms with E-state index in [2.05, 4.69) is 15.3 Å². The molecule has 3 aromatic rings. The number of anilines is 2. The van der Waals surface area contributed by atoms with E-state index in [1.54, 1.807) is 12.1 Å². The van der Waals surface area contributed by atoms with Crippen LogP contribution in [0.5, 0.6) is 0 Å². The van der Waals surface area contributed by atoms with E-state index < -0.39 is 5.91 Å². The molecule has 112 valence electrons. The van der Waals surface area contributed by atoms with E-state index in [1.807, 2.05) is 36.9 Å². The molecule has 0 aliphatic rings. The van der Waals surface area contributed by atoms with E-state index >= 15 is 0 Å². The number of carbonyl (C=O) groups excluding carboxylic acids is 1. The van der Waals surface area contributed by atoms with Crippen LogP contribution in [-0.2, 0) is 7.05 Å². The number of fused-ring (bicyclic) bond motifs is 1.